The molecular formula is C16H25N3O. The largest absolute Gasteiger partial charge is 0.370 e. The second-order valence-corrected chi connectivity index (χ2v) is 5.32. The van der Waals surface area contributed by atoms with Crippen LogP contribution in [0.3, 0.4) is 0 Å². The van der Waals surface area contributed by atoms with E-state index in [1.165, 1.54) is 19.3 Å². The first-order valence-electron chi connectivity index (χ1n) is 7.59. The van der Waals surface area contributed by atoms with Crippen LogP contribution >= 0.6 is 0 Å². The lowest BCUT2D eigenvalue weighted by Gasteiger charge is -2.30. The standard InChI is InChI=1S/C16H25N3O/c1-17-11-7-10-16(20)18-14-8-3-4-9-15(14)19-12-5-2-6-13-19/h3-4,8-9,17H,2,5-7,10-13H2,1H3,(H,18,20). The Hall–Kier alpha value is -1.55. The van der Waals surface area contributed by atoms with Crippen molar-refractivity contribution in [2.24, 2.45) is 0 Å². The lowest BCUT2D eigenvalue weighted by atomic mass is 10.1. The topological polar surface area (TPSA) is 44.4 Å². The molecule has 0 bridgehead atoms. The normalized spacial score (nSPS) is 15.2. The highest BCUT2D eigenvalue weighted by Gasteiger charge is 2.15. The summed E-state index contributed by atoms with van der Waals surface area (Å²) in [7, 11) is 1.91. The van der Waals surface area contributed by atoms with Crippen LogP contribution in [0.1, 0.15) is 32.1 Å². The summed E-state index contributed by atoms with van der Waals surface area (Å²) in [6.45, 7) is 3.06. The number of carbonyl (C=O) groups excluding carboxylic acids is 1. The molecule has 110 valence electrons. The predicted molar refractivity (Wildman–Crippen MR) is 84.3 cm³/mol. The van der Waals surface area contributed by atoms with Crippen molar-refractivity contribution in [1.82, 2.24) is 5.32 Å². The Kier molecular flexibility index (Phi) is 5.87. The lowest BCUT2D eigenvalue weighted by molar-refractivity contribution is -0.116. The van der Waals surface area contributed by atoms with E-state index in [1.807, 2.05) is 25.2 Å². The minimum absolute atomic E-state index is 0.102. The minimum atomic E-state index is 0.102. The fourth-order valence-corrected chi connectivity index (χ4v) is 2.63. The zero-order chi connectivity index (χ0) is 14.2. The molecule has 0 radical (unpaired) electrons. The molecule has 1 fully saturated rings. The van der Waals surface area contributed by atoms with Crippen molar-refractivity contribution >= 4 is 17.3 Å². The molecule has 0 unspecified atom stereocenters. The highest BCUT2D eigenvalue weighted by molar-refractivity contribution is 5.94. The van der Waals surface area contributed by atoms with E-state index in [1.54, 1.807) is 0 Å². The van der Waals surface area contributed by atoms with Crippen LogP contribution in [0.25, 0.3) is 0 Å². The Morgan fingerprint density at radius 3 is 2.70 bits per heavy atom. The Labute approximate surface area is 121 Å². The molecule has 1 aliphatic heterocycles. The molecule has 0 spiro atoms. The maximum atomic E-state index is 12.0. The number of rotatable bonds is 6. The number of piperidine rings is 1. The summed E-state index contributed by atoms with van der Waals surface area (Å²) in [6.07, 6.45) is 5.23. The highest BCUT2D eigenvalue weighted by atomic mass is 16.1. The van der Waals surface area contributed by atoms with Crippen molar-refractivity contribution in [1.29, 1.82) is 0 Å². The lowest BCUT2D eigenvalue weighted by Crippen LogP contribution is -2.30. The van der Waals surface area contributed by atoms with Crippen molar-refractivity contribution in [2.75, 3.05) is 36.9 Å². The van der Waals surface area contributed by atoms with Gasteiger partial charge in [-0.3, -0.25) is 4.79 Å². The molecule has 0 aromatic heterocycles. The minimum Gasteiger partial charge on any atom is -0.370 e. The third-order valence-corrected chi connectivity index (χ3v) is 3.71. The average Bonchev–Trinajstić information content (AvgIpc) is 2.49. The monoisotopic (exact) mass is 275 g/mol. The van der Waals surface area contributed by atoms with Crippen LogP contribution in [0, 0.1) is 0 Å². The van der Waals surface area contributed by atoms with E-state index < -0.39 is 0 Å². The van der Waals surface area contributed by atoms with Gasteiger partial charge >= 0.3 is 0 Å². The molecule has 2 N–H and O–H groups in total. The summed E-state index contributed by atoms with van der Waals surface area (Å²) < 4.78 is 0. The first-order chi connectivity index (χ1) is 9.81. The van der Waals surface area contributed by atoms with Gasteiger partial charge in [-0.2, -0.15) is 0 Å². The average molecular weight is 275 g/mol. The molecule has 1 aromatic rings. The molecule has 0 atom stereocenters. The molecule has 0 saturated carbocycles. The number of benzene rings is 1. The molecule has 4 nitrogen and oxygen atoms in total. The third kappa shape index (κ3) is 4.23. The SMILES string of the molecule is CNCCCC(=O)Nc1ccccc1N1CCCCC1. The first kappa shape index (κ1) is 14.9. The van der Waals surface area contributed by atoms with Crippen LogP contribution in [0.4, 0.5) is 11.4 Å². The highest BCUT2D eigenvalue weighted by Crippen LogP contribution is 2.28. The van der Waals surface area contributed by atoms with Crippen molar-refractivity contribution in [3.05, 3.63) is 24.3 Å². The molecule has 1 heterocycles. The first-order valence-corrected chi connectivity index (χ1v) is 7.59. The molecule has 1 aromatic carbocycles. The summed E-state index contributed by atoms with van der Waals surface area (Å²) >= 11 is 0. The molecule has 4 heteroatoms. The van der Waals surface area contributed by atoms with Crippen molar-refractivity contribution in [3.8, 4) is 0 Å². The molecule has 1 aliphatic rings. The summed E-state index contributed by atoms with van der Waals surface area (Å²) in [6, 6.07) is 8.13. The molecule has 1 amide bonds. The zero-order valence-corrected chi connectivity index (χ0v) is 12.3. The van der Waals surface area contributed by atoms with Crippen LogP contribution < -0.4 is 15.5 Å². The number of amides is 1. The predicted octanol–water partition coefficient (Wildman–Crippen LogP) is 2.62. The zero-order valence-electron chi connectivity index (χ0n) is 12.3. The van der Waals surface area contributed by atoms with E-state index in [0.29, 0.717) is 6.42 Å². The van der Waals surface area contributed by atoms with Crippen LogP contribution in [-0.2, 0) is 4.79 Å². The van der Waals surface area contributed by atoms with Gasteiger partial charge in [0.25, 0.3) is 0 Å². The van der Waals surface area contributed by atoms with Gasteiger partial charge in [0.05, 0.1) is 11.4 Å². The molecule has 1 saturated heterocycles. The summed E-state index contributed by atoms with van der Waals surface area (Å²) in [5.74, 6) is 0.102. The molecule has 20 heavy (non-hydrogen) atoms. The van der Waals surface area contributed by atoms with Gasteiger partial charge in [-0.1, -0.05) is 12.1 Å². The second-order valence-electron chi connectivity index (χ2n) is 5.32. The quantitative estimate of drug-likeness (QED) is 0.784. The van der Waals surface area contributed by atoms with E-state index in [9.17, 15) is 4.79 Å². The van der Waals surface area contributed by atoms with Gasteiger partial charge < -0.3 is 15.5 Å². The van der Waals surface area contributed by atoms with E-state index in [0.717, 1.165) is 37.4 Å². The Balaban J connectivity index is 1.98. The maximum Gasteiger partial charge on any atom is 0.224 e. The summed E-state index contributed by atoms with van der Waals surface area (Å²) in [5, 5.41) is 6.12. The van der Waals surface area contributed by atoms with Crippen molar-refractivity contribution in [2.45, 2.75) is 32.1 Å². The summed E-state index contributed by atoms with van der Waals surface area (Å²) in [5.41, 5.74) is 2.11. The van der Waals surface area contributed by atoms with Crippen LogP contribution in [0.5, 0.6) is 0 Å². The number of hydrogen-bond acceptors (Lipinski definition) is 3. The fraction of sp³-hybridized carbons (Fsp3) is 0.562. The Bertz CT molecular complexity index is 427. The maximum absolute atomic E-state index is 12.0. The number of carbonyl (C=O) groups is 1. The molecule has 0 aliphatic carbocycles. The third-order valence-electron chi connectivity index (χ3n) is 3.71. The number of para-hydroxylation sites is 2. The van der Waals surface area contributed by atoms with Gasteiger partial charge in [-0.25, -0.2) is 0 Å². The van der Waals surface area contributed by atoms with Crippen molar-refractivity contribution < 1.29 is 4.79 Å². The number of nitrogens with zero attached hydrogens (tertiary/aromatic N) is 1. The van der Waals surface area contributed by atoms with Gasteiger partial charge in [0, 0.05) is 19.5 Å². The molecular weight excluding hydrogens is 250 g/mol. The van der Waals surface area contributed by atoms with E-state index in [-0.39, 0.29) is 5.91 Å². The molecule has 2 rings (SSSR count). The number of nitrogens with one attached hydrogen (secondary N) is 2. The van der Waals surface area contributed by atoms with Gasteiger partial charge in [0.1, 0.15) is 0 Å². The van der Waals surface area contributed by atoms with Gasteiger partial charge in [-0.15, -0.1) is 0 Å². The van der Waals surface area contributed by atoms with E-state index in [2.05, 4.69) is 21.6 Å². The fourth-order valence-electron chi connectivity index (χ4n) is 2.63. The summed E-state index contributed by atoms with van der Waals surface area (Å²) in [4.78, 5) is 14.3. The van der Waals surface area contributed by atoms with E-state index >= 15 is 0 Å². The van der Waals surface area contributed by atoms with Gasteiger partial charge in [0.15, 0.2) is 0 Å². The second kappa shape index (κ2) is 7.90. The van der Waals surface area contributed by atoms with Gasteiger partial charge in [-0.05, 0) is 51.4 Å². The Morgan fingerprint density at radius 1 is 1.20 bits per heavy atom. The Morgan fingerprint density at radius 2 is 1.95 bits per heavy atom. The van der Waals surface area contributed by atoms with Crippen molar-refractivity contribution in [3.63, 3.8) is 0 Å². The smallest absolute Gasteiger partial charge is 0.224 e. The number of hydrogen-bond donors (Lipinski definition) is 2. The number of anilines is 2. The van der Waals surface area contributed by atoms with Crippen LogP contribution in [0.2, 0.25) is 0 Å². The van der Waals surface area contributed by atoms with E-state index in [4.69, 9.17) is 0 Å². The van der Waals surface area contributed by atoms with Gasteiger partial charge in [0.2, 0.25) is 5.91 Å². The van der Waals surface area contributed by atoms with Crippen LogP contribution in [-0.4, -0.2) is 32.6 Å². The van der Waals surface area contributed by atoms with Crippen LogP contribution in [0.15, 0.2) is 24.3 Å².